The predicted octanol–water partition coefficient (Wildman–Crippen LogP) is 3.43. The molecule has 1 aliphatic rings. The first-order valence-corrected chi connectivity index (χ1v) is 8.91. The quantitative estimate of drug-likeness (QED) is 0.790. The number of fused-ring (bicyclic) bond motifs is 1. The molecule has 0 fully saturated rings. The van der Waals surface area contributed by atoms with E-state index >= 15 is 0 Å². The highest BCUT2D eigenvalue weighted by Gasteiger charge is 2.36. The number of esters is 2. The molecule has 1 heterocycles. The third-order valence-corrected chi connectivity index (χ3v) is 4.12. The van der Waals surface area contributed by atoms with E-state index in [0.29, 0.717) is 11.4 Å². The number of nitrogens with one attached hydrogen (secondary N) is 2. The molecule has 27 heavy (non-hydrogen) atoms. The van der Waals surface area contributed by atoms with Crippen molar-refractivity contribution < 1.29 is 19.1 Å². The smallest absolute Gasteiger partial charge is 0.338 e. The SMILES string of the molecule is CCOC(=O)C1=C(c2ccccc2)Nc2ccccc2NC1C(=O)OCC. The fourth-order valence-electron chi connectivity index (χ4n) is 2.96. The second kappa shape index (κ2) is 8.40. The second-order valence-corrected chi connectivity index (χ2v) is 5.88. The van der Waals surface area contributed by atoms with Gasteiger partial charge in [0.2, 0.25) is 0 Å². The van der Waals surface area contributed by atoms with Crippen LogP contribution in [0, 0.1) is 0 Å². The second-order valence-electron chi connectivity index (χ2n) is 5.88. The Morgan fingerprint density at radius 2 is 1.52 bits per heavy atom. The first-order valence-electron chi connectivity index (χ1n) is 8.91. The van der Waals surface area contributed by atoms with Crippen LogP contribution in [0.15, 0.2) is 60.2 Å². The van der Waals surface area contributed by atoms with E-state index in [2.05, 4.69) is 10.6 Å². The van der Waals surface area contributed by atoms with E-state index in [-0.39, 0.29) is 18.8 Å². The summed E-state index contributed by atoms with van der Waals surface area (Å²) in [6, 6.07) is 15.8. The van der Waals surface area contributed by atoms with Crippen LogP contribution in [0.5, 0.6) is 0 Å². The minimum absolute atomic E-state index is 0.192. The predicted molar refractivity (Wildman–Crippen MR) is 104 cm³/mol. The van der Waals surface area contributed by atoms with Gasteiger partial charge in [-0.05, 0) is 31.5 Å². The summed E-state index contributed by atoms with van der Waals surface area (Å²) in [5.74, 6) is -1.10. The Morgan fingerprint density at radius 1 is 0.889 bits per heavy atom. The number of ether oxygens (including phenoxy) is 2. The van der Waals surface area contributed by atoms with E-state index in [0.717, 1.165) is 11.3 Å². The summed E-state index contributed by atoms with van der Waals surface area (Å²) in [6.45, 7) is 3.87. The molecular weight excluding hydrogens is 344 g/mol. The van der Waals surface area contributed by atoms with E-state index < -0.39 is 18.0 Å². The molecule has 6 heteroatoms. The zero-order chi connectivity index (χ0) is 19.2. The Hall–Kier alpha value is -3.28. The lowest BCUT2D eigenvalue weighted by molar-refractivity contribution is -0.146. The summed E-state index contributed by atoms with van der Waals surface area (Å²) < 4.78 is 10.5. The van der Waals surface area contributed by atoms with Crippen LogP contribution < -0.4 is 10.6 Å². The first-order chi connectivity index (χ1) is 13.2. The van der Waals surface area contributed by atoms with Gasteiger partial charge in [-0.2, -0.15) is 0 Å². The van der Waals surface area contributed by atoms with Gasteiger partial charge in [-0.3, -0.25) is 0 Å². The van der Waals surface area contributed by atoms with Crippen LogP contribution in [0.3, 0.4) is 0 Å². The lowest BCUT2D eigenvalue weighted by atomic mass is 10.00. The number of carbonyl (C=O) groups is 2. The molecule has 0 saturated carbocycles. The third-order valence-electron chi connectivity index (χ3n) is 4.12. The van der Waals surface area contributed by atoms with Gasteiger partial charge >= 0.3 is 11.9 Å². The van der Waals surface area contributed by atoms with Gasteiger partial charge in [-0.25, -0.2) is 9.59 Å². The molecule has 140 valence electrons. The molecule has 2 aromatic carbocycles. The van der Waals surface area contributed by atoms with Crippen molar-refractivity contribution in [3.8, 4) is 0 Å². The zero-order valence-electron chi connectivity index (χ0n) is 15.3. The highest BCUT2D eigenvalue weighted by molar-refractivity contribution is 6.09. The summed E-state index contributed by atoms with van der Waals surface area (Å²) >= 11 is 0. The molecule has 0 aromatic heterocycles. The molecule has 2 aromatic rings. The van der Waals surface area contributed by atoms with Crippen molar-refractivity contribution in [1.29, 1.82) is 0 Å². The molecule has 0 amide bonds. The van der Waals surface area contributed by atoms with E-state index in [1.165, 1.54) is 0 Å². The van der Waals surface area contributed by atoms with Crippen LogP contribution in [0.2, 0.25) is 0 Å². The van der Waals surface area contributed by atoms with Crippen LogP contribution in [0.4, 0.5) is 11.4 Å². The third kappa shape index (κ3) is 3.95. The average Bonchev–Trinajstić information content (AvgIpc) is 2.86. The van der Waals surface area contributed by atoms with Crippen LogP contribution in [0.25, 0.3) is 5.70 Å². The molecule has 6 nitrogen and oxygen atoms in total. The zero-order valence-corrected chi connectivity index (χ0v) is 15.3. The summed E-state index contributed by atoms with van der Waals surface area (Å²) in [7, 11) is 0. The number of rotatable bonds is 5. The van der Waals surface area contributed by atoms with E-state index in [9.17, 15) is 9.59 Å². The Balaban J connectivity index is 2.21. The van der Waals surface area contributed by atoms with Crippen LogP contribution in [-0.4, -0.2) is 31.2 Å². The van der Waals surface area contributed by atoms with Gasteiger partial charge in [0, 0.05) is 0 Å². The van der Waals surface area contributed by atoms with Crippen LogP contribution >= 0.6 is 0 Å². The molecule has 1 aliphatic heterocycles. The lowest BCUT2D eigenvalue weighted by Crippen LogP contribution is -2.37. The van der Waals surface area contributed by atoms with E-state index in [4.69, 9.17) is 9.47 Å². The van der Waals surface area contributed by atoms with E-state index in [1.807, 2.05) is 54.6 Å². The van der Waals surface area contributed by atoms with Crippen LogP contribution in [0.1, 0.15) is 19.4 Å². The maximum Gasteiger partial charge on any atom is 0.338 e. The number of anilines is 2. The van der Waals surface area contributed by atoms with Crippen molar-refractivity contribution in [2.45, 2.75) is 19.9 Å². The number of carbonyl (C=O) groups excluding carboxylic acids is 2. The molecule has 0 aliphatic carbocycles. The molecule has 0 bridgehead atoms. The maximum absolute atomic E-state index is 12.8. The summed E-state index contributed by atoms with van der Waals surface area (Å²) in [5.41, 5.74) is 2.93. The normalized spacial score (nSPS) is 15.7. The fourth-order valence-corrected chi connectivity index (χ4v) is 2.96. The van der Waals surface area contributed by atoms with Crippen molar-refractivity contribution in [3.05, 3.63) is 65.7 Å². The molecule has 0 radical (unpaired) electrons. The van der Waals surface area contributed by atoms with Crippen molar-refractivity contribution >= 4 is 29.0 Å². The van der Waals surface area contributed by atoms with Gasteiger partial charge in [0.15, 0.2) is 6.04 Å². The van der Waals surface area contributed by atoms with Crippen molar-refractivity contribution in [1.82, 2.24) is 0 Å². The molecule has 1 atom stereocenters. The van der Waals surface area contributed by atoms with Gasteiger partial charge in [-0.1, -0.05) is 42.5 Å². The van der Waals surface area contributed by atoms with E-state index in [1.54, 1.807) is 13.8 Å². The van der Waals surface area contributed by atoms with Gasteiger partial charge in [-0.15, -0.1) is 0 Å². The Labute approximate surface area is 158 Å². The minimum Gasteiger partial charge on any atom is -0.464 e. The van der Waals surface area contributed by atoms with Crippen molar-refractivity contribution in [2.24, 2.45) is 0 Å². The monoisotopic (exact) mass is 366 g/mol. The highest BCUT2D eigenvalue weighted by atomic mass is 16.5. The van der Waals surface area contributed by atoms with Gasteiger partial charge in [0.05, 0.1) is 35.9 Å². The molecule has 0 saturated heterocycles. The molecule has 2 N–H and O–H groups in total. The summed E-state index contributed by atoms with van der Waals surface area (Å²) in [5, 5.41) is 6.44. The summed E-state index contributed by atoms with van der Waals surface area (Å²) in [6.07, 6.45) is 0. The largest absolute Gasteiger partial charge is 0.464 e. The van der Waals surface area contributed by atoms with Gasteiger partial charge in [0.1, 0.15) is 0 Å². The highest BCUT2D eigenvalue weighted by Crippen LogP contribution is 2.34. The van der Waals surface area contributed by atoms with Crippen LogP contribution in [-0.2, 0) is 19.1 Å². The average molecular weight is 366 g/mol. The molecule has 3 rings (SSSR count). The Morgan fingerprint density at radius 3 is 2.19 bits per heavy atom. The number of para-hydroxylation sites is 2. The minimum atomic E-state index is -0.990. The lowest BCUT2D eigenvalue weighted by Gasteiger charge is -2.20. The molecular formula is C21H22N2O4. The topological polar surface area (TPSA) is 76.7 Å². The molecule has 1 unspecified atom stereocenters. The van der Waals surface area contributed by atoms with Crippen molar-refractivity contribution in [2.75, 3.05) is 23.8 Å². The molecule has 0 spiro atoms. The number of hydrogen-bond donors (Lipinski definition) is 2. The van der Waals surface area contributed by atoms with Gasteiger partial charge in [0.25, 0.3) is 0 Å². The fraction of sp³-hybridized carbons (Fsp3) is 0.238. The Kier molecular flexibility index (Phi) is 5.76. The standard InChI is InChI=1S/C21H22N2O4/c1-3-26-20(24)17-18(14-10-6-5-7-11-14)22-15-12-8-9-13-16(15)23-19(17)21(25)27-4-2/h5-13,19,22-23H,3-4H2,1-2H3. The Bertz CT molecular complexity index is 861. The number of hydrogen-bond acceptors (Lipinski definition) is 6. The summed E-state index contributed by atoms with van der Waals surface area (Å²) in [4.78, 5) is 25.5. The van der Waals surface area contributed by atoms with Crippen molar-refractivity contribution in [3.63, 3.8) is 0 Å². The maximum atomic E-state index is 12.8. The number of benzene rings is 2. The first kappa shape index (κ1) is 18.5. The van der Waals surface area contributed by atoms with Gasteiger partial charge < -0.3 is 20.1 Å².